The van der Waals surface area contributed by atoms with Crippen LogP contribution in [-0.2, 0) is 0 Å². The molecular formula is C15H21NO3. The first-order chi connectivity index (χ1) is 9.06. The third-order valence-corrected chi connectivity index (χ3v) is 4.65. The first-order valence-electron chi connectivity index (χ1n) is 7.00. The van der Waals surface area contributed by atoms with Crippen LogP contribution in [0.1, 0.15) is 31.4 Å². The molecule has 0 aromatic heterocycles. The van der Waals surface area contributed by atoms with Crippen LogP contribution >= 0.6 is 0 Å². The fourth-order valence-electron chi connectivity index (χ4n) is 3.53. The average molecular weight is 263 g/mol. The van der Waals surface area contributed by atoms with Crippen LogP contribution in [0.4, 0.5) is 5.69 Å². The molecule has 1 saturated heterocycles. The topological polar surface area (TPSA) is 63.9 Å². The highest BCUT2D eigenvalue weighted by Gasteiger charge is 2.41. The highest BCUT2D eigenvalue weighted by molar-refractivity contribution is 5.54. The Morgan fingerprint density at radius 2 is 2.05 bits per heavy atom. The van der Waals surface area contributed by atoms with E-state index in [0.717, 1.165) is 31.6 Å². The van der Waals surface area contributed by atoms with Crippen molar-refractivity contribution in [2.75, 3.05) is 18.0 Å². The van der Waals surface area contributed by atoms with Crippen LogP contribution < -0.4 is 4.90 Å². The second kappa shape index (κ2) is 4.69. The minimum Gasteiger partial charge on any atom is -0.507 e. The highest BCUT2D eigenvalue weighted by atomic mass is 16.3. The lowest BCUT2D eigenvalue weighted by atomic mass is 10.00. The number of aliphatic hydroxyl groups excluding tert-OH is 2. The summed E-state index contributed by atoms with van der Waals surface area (Å²) in [6.07, 6.45) is 1.20. The number of aromatic hydroxyl groups is 1. The van der Waals surface area contributed by atoms with Gasteiger partial charge in [0, 0.05) is 36.3 Å². The summed E-state index contributed by atoms with van der Waals surface area (Å²) in [5.41, 5.74) is 1.53. The molecule has 1 aliphatic carbocycles. The third-order valence-electron chi connectivity index (χ3n) is 4.65. The summed E-state index contributed by atoms with van der Waals surface area (Å²) in [5, 5.41) is 29.4. The summed E-state index contributed by atoms with van der Waals surface area (Å²) in [6.45, 7) is 3.46. The quantitative estimate of drug-likeness (QED) is 0.759. The average Bonchev–Trinajstić information content (AvgIpc) is 2.91. The van der Waals surface area contributed by atoms with Crippen molar-refractivity contribution in [2.24, 2.45) is 11.8 Å². The van der Waals surface area contributed by atoms with Crippen LogP contribution in [0, 0.1) is 11.8 Å². The Kier molecular flexibility index (Phi) is 3.15. The number of benzene rings is 1. The second-order valence-electron chi connectivity index (χ2n) is 5.89. The van der Waals surface area contributed by atoms with E-state index < -0.39 is 6.10 Å². The molecule has 1 aliphatic heterocycles. The Balaban J connectivity index is 1.79. The van der Waals surface area contributed by atoms with Crippen LogP contribution in [-0.4, -0.2) is 34.5 Å². The molecule has 1 aromatic rings. The predicted octanol–water partition coefficient (Wildman–Crippen LogP) is 1.65. The maximum Gasteiger partial charge on any atom is 0.123 e. The van der Waals surface area contributed by atoms with E-state index in [1.165, 1.54) is 0 Å². The van der Waals surface area contributed by atoms with Gasteiger partial charge in [-0.2, -0.15) is 0 Å². The number of rotatable bonds is 2. The first kappa shape index (κ1) is 12.8. The standard InChI is InChI=1S/C15H21NO3/c1-9(17)12-4-3-11(6-15(12)19)16-7-10-2-5-14(18)13(10)8-16/h3-4,6,9-10,13-14,17-19H,2,5,7-8H2,1H3. The van der Waals surface area contributed by atoms with E-state index in [1.54, 1.807) is 19.1 Å². The number of hydrogen-bond donors (Lipinski definition) is 3. The summed E-state index contributed by atoms with van der Waals surface area (Å²) in [5.74, 6) is 1.09. The fraction of sp³-hybridized carbons (Fsp3) is 0.600. The van der Waals surface area contributed by atoms with Gasteiger partial charge in [0.15, 0.2) is 0 Å². The highest BCUT2D eigenvalue weighted by Crippen LogP contribution is 2.40. The van der Waals surface area contributed by atoms with Gasteiger partial charge in [0.05, 0.1) is 12.2 Å². The Morgan fingerprint density at radius 3 is 2.68 bits per heavy atom. The van der Waals surface area contributed by atoms with E-state index in [0.29, 0.717) is 17.4 Å². The molecule has 2 aliphatic rings. The molecule has 0 bridgehead atoms. The van der Waals surface area contributed by atoms with Crippen molar-refractivity contribution in [1.82, 2.24) is 0 Å². The van der Waals surface area contributed by atoms with Crippen molar-refractivity contribution in [3.63, 3.8) is 0 Å². The lowest BCUT2D eigenvalue weighted by Gasteiger charge is -2.21. The van der Waals surface area contributed by atoms with Crippen LogP contribution in [0.25, 0.3) is 0 Å². The van der Waals surface area contributed by atoms with Gasteiger partial charge in [-0.15, -0.1) is 0 Å². The molecule has 3 N–H and O–H groups in total. The predicted molar refractivity (Wildman–Crippen MR) is 73.2 cm³/mol. The number of hydrogen-bond acceptors (Lipinski definition) is 4. The maximum absolute atomic E-state index is 9.94. The molecule has 4 heteroatoms. The van der Waals surface area contributed by atoms with Crippen molar-refractivity contribution in [3.8, 4) is 5.75 Å². The molecule has 1 saturated carbocycles. The number of aliphatic hydroxyl groups is 2. The van der Waals surface area contributed by atoms with E-state index in [-0.39, 0.29) is 11.9 Å². The molecule has 4 unspecified atom stereocenters. The van der Waals surface area contributed by atoms with Crippen LogP contribution in [0.15, 0.2) is 18.2 Å². The van der Waals surface area contributed by atoms with Crippen molar-refractivity contribution >= 4 is 5.69 Å². The fourth-order valence-corrected chi connectivity index (χ4v) is 3.53. The normalized spacial score (nSPS) is 31.5. The van der Waals surface area contributed by atoms with E-state index in [9.17, 15) is 15.3 Å². The van der Waals surface area contributed by atoms with Gasteiger partial charge in [-0.05, 0) is 31.7 Å². The zero-order valence-corrected chi connectivity index (χ0v) is 11.2. The Bertz CT molecular complexity index is 474. The molecule has 0 spiro atoms. The summed E-state index contributed by atoms with van der Waals surface area (Å²) in [7, 11) is 0. The minimum atomic E-state index is -0.658. The monoisotopic (exact) mass is 263 g/mol. The molecule has 1 aromatic carbocycles. The second-order valence-corrected chi connectivity index (χ2v) is 5.89. The van der Waals surface area contributed by atoms with Crippen molar-refractivity contribution < 1.29 is 15.3 Å². The van der Waals surface area contributed by atoms with Gasteiger partial charge in [-0.1, -0.05) is 6.07 Å². The molecule has 19 heavy (non-hydrogen) atoms. The molecule has 4 atom stereocenters. The number of phenols is 1. The van der Waals surface area contributed by atoms with Gasteiger partial charge in [-0.25, -0.2) is 0 Å². The molecule has 4 nitrogen and oxygen atoms in total. The lowest BCUT2D eigenvalue weighted by molar-refractivity contribution is 0.133. The summed E-state index contributed by atoms with van der Waals surface area (Å²) in [6, 6.07) is 5.44. The lowest BCUT2D eigenvalue weighted by Crippen LogP contribution is -2.24. The summed E-state index contributed by atoms with van der Waals surface area (Å²) >= 11 is 0. The molecular weight excluding hydrogens is 242 g/mol. The third kappa shape index (κ3) is 2.19. The van der Waals surface area contributed by atoms with Gasteiger partial charge in [0.1, 0.15) is 5.75 Å². The molecule has 3 rings (SSSR count). The van der Waals surface area contributed by atoms with E-state index in [1.807, 2.05) is 6.07 Å². The number of fused-ring (bicyclic) bond motifs is 1. The van der Waals surface area contributed by atoms with E-state index in [2.05, 4.69) is 4.90 Å². The van der Waals surface area contributed by atoms with Gasteiger partial charge in [0.2, 0.25) is 0 Å². The Hall–Kier alpha value is -1.26. The zero-order chi connectivity index (χ0) is 13.6. The van der Waals surface area contributed by atoms with E-state index in [4.69, 9.17) is 0 Å². The Morgan fingerprint density at radius 1 is 1.26 bits per heavy atom. The molecule has 2 fully saturated rings. The van der Waals surface area contributed by atoms with Gasteiger partial charge in [0.25, 0.3) is 0 Å². The van der Waals surface area contributed by atoms with Crippen molar-refractivity contribution in [3.05, 3.63) is 23.8 Å². The molecule has 104 valence electrons. The molecule has 1 heterocycles. The number of nitrogens with zero attached hydrogens (tertiary/aromatic N) is 1. The molecule has 0 radical (unpaired) electrons. The van der Waals surface area contributed by atoms with Crippen LogP contribution in [0.3, 0.4) is 0 Å². The SMILES string of the molecule is CC(O)c1ccc(N2CC3CCC(O)C3C2)cc1O. The summed E-state index contributed by atoms with van der Waals surface area (Å²) in [4.78, 5) is 2.23. The van der Waals surface area contributed by atoms with Crippen molar-refractivity contribution in [1.29, 1.82) is 0 Å². The van der Waals surface area contributed by atoms with Gasteiger partial charge < -0.3 is 20.2 Å². The number of phenolic OH excluding ortho intramolecular Hbond substituents is 1. The van der Waals surface area contributed by atoms with E-state index >= 15 is 0 Å². The first-order valence-corrected chi connectivity index (χ1v) is 7.00. The van der Waals surface area contributed by atoms with Crippen LogP contribution in [0.2, 0.25) is 0 Å². The minimum absolute atomic E-state index is 0.144. The van der Waals surface area contributed by atoms with Gasteiger partial charge >= 0.3 is 0 Å². The number of anilines is 1. The maximum atomic E-state index is 9.94. The largest absolute Gasteiger partial charge is 0.507 e. The Labute approximate surface area is 113 Å². The van der Waals surface area contributed by atoms with Gasteiger partial charge in [-0.3, -0.25) is 0 Å². The zero-order valence-electron chi connectivity index (χ0n) is 11.2. The smallest absolute Gasteiger partial charge is 0.123 e. The van der Waals surface area contributed by atoms with Crippen LogP contribution in [0.5, 0.6) is 5.75 Å². The summed E-state index contributed by atoms with van der Waals surface area (Å²) < 4.78 is 0. The van der Waals surface area contributed by atoms with Crippen molar-refractivity contribution in [2.45, 2.75) is 32.0 Å². The molecule has 0 amide bonds.